The molecular formula is C12H16FNO4S. The lowest BCUT2D eigenvalue weighted by molar-refractivity contribution is -0.137. The molecule has 0 aromatic heterocycles. The van der Waals surface area contributed by atoms with E-state index in [4.69, 9.17) is 5.11 Å². The third-order valence-corrected chi connectivity index (χ3v) is 4.07. The third-order valence-electron chi connectivity index (χ3n) is 2.53. The first-order valence-corrected chi connectivity index (χ1v) is 7.42. The molecule has 1 aromatic rings. The fourth-order valence-corrected chi connectivity index (χ4v) is 2.88. The summed E-state index contributed by atoms with van der Waals surface area (Å²) in [5.41, 5.74) is 0.642. The van der Waals surface area contributed by atoms with Gasteiger partial charge in [-0.2, -0.15) is 0 Å². The van der Waals surface area contributed by atoms with Gasteiger partial charge in [0.25, 0.3) is 0 Å². The number of aliphatic carboxylic acids is 1. The van der Waals surface area contributed by atoms with Crippen LogP contribution >= 0.6 is 0 Å². The number of rotatable bonds is 7. The first-order valence-electron chi connectivity index (χ1n) is 5.77. The Bertz CT molecular complexity index is 527. The van der Waals surface area contributed by atoms with Gasteiger partial charge < -0.3 is 5.11 Å². The van der Waals surface area contributed by atoms with Gasteiger partial charge in [-0.1, -0.05) is 12.1 Å². The van der Waals surface area contributed by atoms with Gasteiger partial charge in [0.2, 0.25) is 10.0 Å². The molecular weight excluding hydrogens is 273 g/mol. The summed E-state index contributed by atoms with van der Waals surface area (Å²) in [5, 5.41) is 8.45. The summed E-state index contributed by atoms with van der Waals surface area (Å²) in [5.74, 6) is -1.66. The van der Waals surface area contributed by atoms with Gasteiger partial charge in [0, 0.05) is 12.5 Å². The Morgan fingerprint density at radius 2 is 1.95 bits per heavy atom. The summed E-state index contributed by atoms with van der Waals surface area (Å²) in [6.45, 7) is 1.64. The number of hydrogen-bond acceptors (Lipinski definition) is 3. The van der Waals surface area contributed by atoms with E-state index in [-0.39, 0.29) is 24.4 Å². The van der Waals surface area contributed by atoms with Crippen LogP contribution in [0.4, 0.5) is 4.39 Å². The highest BCUT2D eigenvalue weighted by atomic mass is 32.2. The average Bonchev–Trinajstić information content (AvgIpc) is 2.28. The molecule has 0 amide bonds. The lowest BCUT2D eigenvalue weighted by Gasteiger charge is -2.14. The normalized spacial score (nSPS) is 13.2. The molecule has 0 saturated carbocycles. The number of nitrogens with one attached hydrogen (secondary N) is 1. The van der Waals surface area contributed by atoms with Crippen LogP contribution in [0, 0.1) is 5.82 Å². The maximum atomic E-state index is 12.7. The Morgan fingerprint density at radius 3 is 2.47 bits per heavy atom. The zero-order chi connectivity index (χ0) is 14.5. The highest BCUT2D eigenvalue weighted by Gasteiger charge is 2.16. The molecule has 0 bridgehead atoms. The fraction of sp³-hybridized carbons (Fsp3) is 0.417. The summed E-state index contributed by atoms with van der Waals surface area (Å²) in [6, 6.07) is 5.02. The maximum absolute atomic E-state index is 12.7. The summed E-state index contributed by atoms with van der Waals surface area (Å²) >= 11 is 0. The molecule has 0 saturated heterocycles. The highest BCUT2D eigenvalue weighted by molar-refractivity contribution is 7.89. The monoisotopic (exact) mass is 289 g/mol. The van der Waals surface area contributed by atoms with Crippen molar-refractivity contribution in [2.24, 2.45) is 0 Å². The standard InChI is InChI=1S/C12H16FNO4S/c1-9(10-4-6-11(13)7-5-10)14-19(17,18)8-2-3-12(15)16/h4-7,9,14H,2-3,8H2,1H3,(H,15,16)/t9-/m0/s1. The zero-order valence-electron chi connectivity index (χ0n) is 10.5. The molecule has 0 heterocycles. The van der Waals surface area contributed by atoms with Crippen molar-refractivity contribution < 1.29 is 22.7 Å². The first-order chi connectivity index (χ1) is 8.80. The van der Waals surface area contributed by atoms with Gasteiger partial charge in [0.05, 0.1) is 5.75 Å². The van der Waals surface area contributed by atoms with Crippen LogP contribution in [0.5, 0.6) is 0 Å². The van der Waals surface area contributed by atoms with Gasteiger partial charge in [0.1, 0.15) is 5.82 Å². The van der Waals surface area contributed by atoms with Crippen LogP contribution < -0.4 is 4.72 Å². The molecule has 0 radical (unpaired) electrons. The minimum Gasteiger partial charge on any atom is -0.481 e. The van der Waals surface area contributed by atoms with Crippen LogP contribution in [0.2, 0.25) is 0 Å². The zero-order valence-corrected chi connectivity index (χ0v) is 11.3. The van der Waals surface area contributed by atoms with Crippen molar-refractivity contribution in [2.75, 3.05) is 5.75 Å². The van der Waals surface area contributed by atoms with Crippen LogP contribution in [0.25, 0.3) is 0 Å². The molecule has 0 aliphatic heterocycles. The molecule has 0 aliphatic carbocycles. The molecule has 2 N–H and O–H groups in total. The van der Waals surface area contributed by atoms with Gasteiger partial charge in [-0.05, 0) is 31.0 Å². The van der Waals surface area contributed by atoms with Gasteiger partial charge in [-0.15, -0.1) is 0 Å². The molecule has 7 heteroatoms. The van der Waals surface area contributed by atoms with Crippen molar-refractivity contribution in [2.45, 2.75) is 25.8 Å². The van der Waals surface area contributed by atoms with Gasteiger partial charge >= 0.3 is 5.97 Å². The molecule has 0 spiro atoms. The Balaban J connectivity index is 2.57. The maximum Gasteiger partial charge on any atom is 0.303 e. The number of carboxylic acids is 1. The van der Waals surface area contributed by atoms with Gasteiger partial charge in [-0.25, -0.2) is 17.5 Å². The van der Waals surface area contributed by atoms with E-state index in [9.17, 15) is 17.6 Å². The van der Waals surface area contributed by atoms with Crippen LogP contribution in [0.15, 0.2) is 24.3 Å². The number of hydrogen-bond donors (Lipinski definition) is 2. The first kappa shape index (κ1) is 15.6. The summed E-state index contributed by atoms with van der Waals surface area (Å²) in [4.78, 5) is 10.3. The Hall–Kier alpha value is -1.47. The quantitative estimate of drug-likeness (QED) is 0.799. The Kier molecular flexibility index (Phi) is 5.44. The minimum absolute atomic E-state index is 0.0564. The summed E-state index contributed by atoms with van der Waals surface area (Å²) < 4.78 is 38.5. The van der Waals surface area contributed by atoms with Crippen molar-refractivity contribution in [1.29, 1.82) is 0 Å². The summed E-state index contributed by atoms with van der Waals surface area (Å²) in [7, 11) is -3.54. The largest absolute Gasteiger partial charge is 0.481 e. The molecule has 0 unspecified atom stereocenters. The molecule has 0 fully saturated rings. The second-order valence-corrected chi connectivity index (χ2v) is 6.08. The van der Waals surface area contributed by atoms with Gasteiger partial charge in [0.15, 0.2) is 0 Å². The number of sulfonamides is 1. The van der Waals surface area contributed by atoms with Crippen molar-refractivity contribution in [1.82, 2.24) is 4.72 Å². The molecule has 106 valence electrons. The highest BCUT2D eigenvalue weighted by Crippen LogP contribution is 2.14. The van der Waals surface area contributed by atoms with E-state index in [0.717, 1.165) is 0 Å². The molecule has 1 rings (SSSR count). The van der Waals surface area contributed by atoms with E-state index < -0.39 is 22.0 Å². The average molecular weight is 289 g/mol. The van der Waals surface area contributed by atoms with Crippen molar-refractivity contribution in [3.05, 3.63) is 35.6 Å². The predicted molar refractivity (Wildman–Crippen MR) is 68.6 cm³/mol. The number of carbonyl (C=O) groups is 1. The predicted octanol–water partition coefficient (Wildman–Crippen LogP) is 1.67. The number of benzene rings is 1. The van der Waals surface area contributed by atoms with Crippen molar-refractivity contribution >= 4 is 16.0 Å². The van der Waals surface area contributed by atoms with E-state index >= 15 is 0 Å². The molecule has 19 heavy (non-hydrogen) atoms. The van der Waals surface area contributed by atoms with Crippen LogP contribution in [0.3, 0.4) is 0 Å². The third kappa shape index (κ3) is 5.80. The SMILES string of the molecule is C[C@H](NS(=O)(=O)CCCC(=O)O)c1ccc(F)cc1. The van der Waals surface area contributed by atoms with E-state index in [2.05, 4.69) is 4.72 Å². The van der Waals surface area contributed by atoms with Crippen LogP contribution in [-0.2, 0) is 14.8 Å². The molecule has 0 aliphatic rings. The van der Waals surface area contributed by atoms with Gasteiger partial charge in [-0.3, -0.25) is 4.79 Å². The Labute approximate surface area is 111 Å². The lowest BCUT2D eigenvalue weighted by atomic mass is 10.1. The number of halogens is 1. The second-order valence-electron chi connectivity index (χ2n) is 4.21. The molecule has 5 nitrogen and oxygen atoms in total. The fourth-order valence-electron chi connectivity index (χ4n) is 1.56. The molecule has 1 atom stereocenters. The van der Waals surface area contributed by atoms with E-state index in [1.807, 2.05) is 0 Å². The van der Waals surface area contributed by atoms with E-state index in [1.54, 1.807) is 6.92 Å². The van der Waals surface area contributed by atoms with E-state index in [1.165, 1.54) is 24.3 Å². The van der Waals surface area contributed by atoms with Crippen molar-refractivity contribution in [3.63, 3.8) is 0 Å². The van der Waals surface area contributed by atoms with Crippen LogP contribution in [0.1, 0.15) is 31.4 Å². The smallest absolute Gasteiger partial charge is 0.303 e. The lowest BCUT2D eigenvalue weighted by Crippen LogP contribution is -2.29. The number of carboxylic acid groups (broad SMARTS) is 1. The van der Waals surface area contributed by atoms with Crippen molar-refractivity contribution in [3.8, 4) is 0 Å². The molecule has 1 aromatic carbocycles. The minimum atomic E-state index is -3.54. The topological polar surface area (TPSA) is 83.5 Å². The second kappa shape index (κ2) is 6.63. The van der Waals surface area contributed by atoms with E-state index in [0.29, 0.717) is 5.56 Å². The van der Waals surface area contributed by atoms with Crippen LogP contribution in [-0.4, -0.2) is 25.2 Å². The Morgan fingerprint density at radius 1 is 1.37 bits per heavy atom. The summed E-state index contributed by atoms with van der Waals surface area (Å²) in [6.07, 6.45) is -0.132.